The molecule has 2 N–H and O–H groups in total. The van der Waals surface area contributed by atoms with E-state index in [4.69, 9.17) is 0 Å². The van der Waals surface area contributed by atoms with Gasteiger partial charge in [-0.25, -0.2) is 4.99 Å². The van der Waals surface area contributed by atoms with Gasteiger partial charge in [-0.15, -0.1) is 34.2 Å². The minimum atomic E-state index is 0. The van der Waals surface area contributed by atoms with Crippen molar-refractivity contribution in [3.05, 3.63) is 59.7 Å². The van der Waals surface area contributed by atoms with Crippen molar-refractivity contribution in [3.8, 4) is 0 Å². The van der Waals surface area contributed by atoms with E-state index in [1.165, 1.54) is 16.3 Å². The largest absolute Gasteiger partial charge is 0.357 e. The Hall–Kier alpha value is -2.16. The fourth-order valence-electron chi connectivity index (χ4n) is 2.82. The number of hydrogen-bond donors (Lipinski definition) is 2. The van der Waals surface area contributed by atoms with E-state index in [0.29, 0.717) is 6.54 Å². The summed E-state index contributed by atoms with van der Waals surface area (Å²) in [6, 6.07) is 15.1. The molecule has 0 radical (unpaired) electrons. The van der Waals surface area contributed by atoms with Gasteiger partial charge in [0.2, 0.25) is 0 Å². The Morgan fingerprint density at radius 2 is 1.89 bits per heavy atom. The van der Waals surface area contributed by atoms with Gasteiger partial charge in [0.25, 0.3) is 0 Å². The number of halogens is 1. The molecule has 0 fully saturated rings. The molecule has 7 heteroatoms. The van der Waals surface area contributed by atoms with E-state index in [2.05, 4.69) is 82.1 Å². The second kappa shape index (κ2) is 9.68. The molecule has 0 spiro atoms. The second-order valence-corrected chi connectivity index (χ2v) is 6.39. The summed E-state index contributed by atoms with van der Waals surface area (Å²) in [7, 11) is 1.96. The van der Waals surface area contributed by atoms with Crippen LogP contribution in [-0.4, -0.2) is 27.3 Å². The fraction of sp³-hybridized carbons (Fsp3) is 0.350. The summed E-state index contributed by atoms with van der Waals surface area (Å²) in [6.07, 6.45) is 0. The van der Waals surface area contributed by atoms with Crippen molar-refractivity contribution < 1.29 is 0 Å². The van der Waals surface area contributed by atoms with E-state index in [0.717, 1.165) is 24.2 Å². The molecule has 0 aliphatic rings. The van der Waals surface area contributed by atoms with Crippen LogP contribution in [0.5, 0.6) is 0 Å². The van der Waals surface area contributed by atoms with Crippen molar-refractivity contribution >= 4 is 40.7 Å². The molecule has 3 rings (SSSR count). The first-order valence-corrected chi connectivity index (χ1v) is 8.97. The number of hydrogen-bond acceptors (Lipinski definition) is 3. The number of aryl methyl sites for hydroxylation is 1. The highest BCUT2D eigenvalue weighted by atomic mass is 127. The zero-order valence-electron chi connectivity index (χ0n) is 16.2. The van der Waals surface area contributed by atoms with Gasteiger partial charge in [0.05, 0.1) is 6.04 Å². The first-order chi connectivity index (χ1) is 12.6. The quantitative estimate of drug-likeness (QED) is 0.334. The molecule has 1 heterocycles. The predicted octanol–water partition coefficient (Wildman–Crippen LogP) is 3.71. The molecule has 6 nitrogen and oxygen atoms in total. The molecule has 0 aliphatic heterocycles. The minimum Gasteiger partial charge on any atom is -0.357 e. The summed E-state index contributed by atoms with van der Waals surface area (Å²) >= 11 is 0. The summed E-state index contributed by atoms with van der Waals surface area (Å²) < 4.78 is 1.96. The van der Waals surface area contributed by atoms with Crippen LogP contribution in [0.2, 0.25) is 0 Å². The first kappa shape index (κ1) is 21.1. The maximum atomic E-state index is 4.66. The van der Waals surface area contributed by atoms with Crippen LogP contribution in [0.4, 0.5) is 0 Å². The van der Waals surface area contributed by atoms with Crippen LogP contribution in [-0.2, 0) is 13.6 Å². The topological polar surface area (TPSA) is 67.1 Å². The third-order valence-corrected chi connectivity index (χ3v) is 4.53. The molecule has 27 heavy (non-hydrogen) atoms. The Morgan fingerprint density at radius 1 is 1.15 bits per heavy atom. The van der Waals surface area contributed by atoms with E-state index in [1.54, 1.807) is 0 Å². The number of guanidine groups is 1. The molecule has 3 aromatic rings. The third-order valence-electron chi connectivity index (χ3n) is 4.53. The lowest BCUT2D eigenvalue weighted by Gasteiger charge is -2.18. The van der Waals surface area contributed by atoms with E-state index in [1.807, 2.05) is 18.5 Å². The van der Waals surface area contributed by atoms with Gasteiger partial charge >= 0.3 is 0 Å². The summed E-state index contributed by atoms with van der Waals surface area (Å²) in [5.74, 6) is 2.50. The normalized spacial score (nSPS) is 12.5. The van der Waals surface area contributed by atoms with Gasteiger partial charge in [-0.3, -0.25) is 0 Å². The van der Waals surface area contributed by atoms with E-state index in [9.17, 15) is 0 Å². The van der Waals surface area contributed by atoms with Crippen molar-refractivity contribution in [2.75, 3.05) is 6.54 Å². The fourth-order valence-corrected chi connectivity index (χ4v) is 2.82. The molecular weight excluding hydrogens is 451 g/mol. The number of aliphatic imine (C=N–C) groups is 1. The van der Waals surface area contributed by atoms with Crippen LogP contribution in [0.3, 0.4) is 0 Å². The van der Waals surface area contributed by atoms with Crippen molar-refractivity contribution in [2.24, 2.45) is 12.0 Å². The zero-order valence-corrected chi connectivity index (χ0v) is 18.6. The molecule has 0 aliphatic carbocycles. The molecular formula is C20H27IN6. The van der Waals surface area contributed by atoms with Gasteiger partial charge in [-0.05, 0) is 43.2 Å². The highest BCUT2D eigenvalue weighted by molar-refractivity contribution is 14.0. The molecule has 0 saturated carbocycles. The maximum Gasteiger partial charge on any atom is 0.192 e. The van der Waals surface area contributed by atoms with Gasteiger partial charge in [-0.2, -0.15) is 0 Å². The number of rotatable bonds is 5. The highest BCUT2D eigenvalue weighted by Crippen LogP contribution is 2.20. The van der Waals surface area contributed by atoms with Crippen molar-refractivity contribution in [3.63, 3.8) is 0 Å². The third kappa shape index (κ3) is 5.18. The van der Waals surface area contributed by atoms with Crippen LogP contribution in [0.15, 0.2) is 47.5 Å². The highest BCUT2D eigenvalue weighted by Gasteiger charge is 2.10. The second-order valence-electron chi connectivity index (χ2n) is 6.39. The van der Waals surface area contributed by atoms with Crippen LogP contribution in [0, 0.1) is 6.92 Å². The Balaban J connectivity index is 0.00000261. The lowest BCUT2D eigenvalue weighted by Crippen LogP contribution is -2.38. The van der Waals surface area contributed by atoms with Crippen molar-refractivity contribution in [1.82, 2.24) is 25.4 Å². The SMILES string of the molecule is CCNC(=NCc1nnc(C)n1C)NC(C)c1ccc2ccccc2c1.I. The standard InChI is InChI=1S/C20H26N6.HI/c1-5-21-20(22-13-19-25-24-15(3)26(19)4)23-14(2)17-11-10-16-8-6-7-9-18(16)12-17;/h6-12,14H,5,13H2,1-4H3,(H2,21,22,23);1H. The molecule has 1 unspecified atom stereocenters. The molecule has 0 bridgehead atoms. The number of nitrogens with one attached hydrogen (secondary N) is 2. The Kier molecular flexibility index (Phi) is 7.58. The number of aromatic nitrogens is 3. The van der Waals surface area contributed by atoms with E-state index in [-0.39, 0.29) is 30.0 Å². The van der Waals surface area contributed by atoms with Gasteiger partial charge in [0.15, 0.2) is 11.8 Å². The lowest BCUT2D eigenvalue weighted by molar-refractivity contribution is 0.682. The smallest absolute Gasteiger partial charge is 0.192 e. The van der Waals surface area contributed by atoms with Gasteiger partial charge in [-0.1, -0.05) is 36.4 Å². The van der Waals surface area contributed by atoms with Gasteiger partial charge in [0.1, 0.15) is 12.4 Å². The van der Waals surface area contributed by atoms with Crippen LogP contribution in [0.1, 0.15) is 37.1 Å². The van der Waals surface area contributed by atoms with Crippen LogP contribution in [0.25, 0.3) is 10.8 Å². The number of fused-ring (bicyclic) bond motifs is 1. The van der Waals surface area contributed by atoms with Crippen LogP contribution >= 0.6 is 24.0 Å². The molecule has 0 saturated heterocycles. The summed E-state index contributed by atoms with van der Waals surface area (Å²) in [6.45, 7) is 7.42. The Bertz CT molecular complexity index is 918. The van der Waals surface area contributed by atoms with Gasteiger partial charge < -0.3 is 15.2 Å². The summed E-state index contributed by atoms with van der Waals surface area (Å²) in [5.41, 5.74) is 1.23. The van der Waals surface area contributed by atoms with Gasteiger partial charge in [0, 0.05) is 13.6 Å². The average Bonchev–Trinajstić information content (AvgIpc) is 2.97. The summed E-state index contributed by atoms with van der Waals surface area (Å²) in [4.78, 5) is 4.66. The van der Waals surface area contributed by atoms with Crippen LogP contribution < -0.4 is 10.6 Å². The zero-order chi connectivity index (χ0) is 18.5. The molecule has 2 aromatic carbocycles. The monoisotopic (exact) mass is 478 g/mol. The van der Waals surface area contributed by atoms with Crippen molar-refractivity contribution in [2.45, 2.75) is 33.4 Å². The average molecular weight is 478 g/mol. The molecule has 144 valence electrons. The minimum absolute atomic E-state index is 0. The molecule has 0 amide bonds. The van der Waals surface area contributed by atoms with E-state index >= 15 is 0 Å². The predicted molar refractivity (Wildman–Crippen MR) is 121 cm³/mol. The Labute approximate surface area is 177 Å². The Morgan fingerprint density at radius 3 is 2.56 bits per heavy atom. The lowest BCUT2D eigenvalue weighted by atomic mass is 10.0. The maximum absolute atomic E-state index is 4.66. The first-order valence-electron chi connectivity index (χ1n) is 8.97. The number of nitrogens with zero attached hydrogens (tertiary/aromatic N) is 4. The number of benzene rings is 2. The van der Waals surface area contributed by atoms with E-state index < -0.39 is 0 Å². The molecule has 1 atom stereocenters. The summed E-state index contributed by atoms with van der Waals surface area (Å²) in [5, 5.41) is 17.5. The van der Waals surface area contributed by atoms with Crippen molar-refractivity contribution in [1.29, 1.82) is 0 Å². The molecule has 1 aromatic heterocycles.